The molecule has 2 aromatic carbocycles. The minimum absolute atomic E-state index is 0.00275. The summed E-state index contributed by atoms with van der Waals surface area (Å²) in [5.41, 5.74) is 7.34. The van der Waals surface area contributed by atoms with Gasteiger partial charge >= 0.3 is 0 Å². The maximum atomic E-state index is 12.4. The van der Waals surface area contributed by atoms with E-state index in [0.29, 0.717) is 35.6 Å². The second kappa shape index (κ2) is 8.79. The highest BCUT2D eigenvalue weighted by atomic mass is 16.5. The summed E-state index contributed by atoms with van der Waals surface area (Å²) in [6.07, 6.45) is 0.772. The molecule has 0 saturated carbocycles. The first-order chi connectivity index (χ1) is 13.1. The second-order valence-electron chi connectivity index (χ2n) is 6.29. The van der Waals surface area contributed by atoms with Crippen molar-refractivity contribution in [3.05, 3.63) is 70.3 Å². The van der Waals surface area contributed by atoms with Crippen molar-refractivity contribution >= 4 is 10.9 Å². The Morgan fingerprint density at radius 1 is 1.15 bits per heavy atom. The maximum absolute atomic E-state index is 12.4. The summed E-state index contributed by atoms with van der Waals surface area (Å²) in [4.78, 5) is 17.0. The van der Waals surface area contributed by atoms with Crippen molar-refractivity contribution in [1.82, 2.24) is 9.55 Å². The summed E-state index contributed by atoms with van der Waals surface area (Å²) in [6.45, 7) is 3.41. The molecule has 0 radical (unpaired) electrons. The van der Waals surface area contributed by atoms with E-state index < -0.39 is 0 Å². The lowest BCUT2D eigenvalue weighted by Gasteiger charge is -2.17. The number of benzene rings is 2. The number of nitrogens with zero attached hydrogens (tertiary/aromatic N) is 2. The number of ether oxygens (including phenoxy) is 2. The Bertz CT molecular complexity index is 945. The zero-order valence-electron chi connectivity index (χ0n) is 15.7. The first-order valence-corrected chi connectivity index (χ1v) is 9.13. The molecule has 0 fully saturated rings. The fourth-order valence-corrected chi connectivity index (χ4v) is 3.02. The highest BCUT2D eigenvalue weighted by Gasteiger charge is 2.11. The molecule has 0 aliphatic heterocycles. The maximum Gasteiger partial charge on any atom is 0.261 e. The van der Waals surface area contributed by atoms with Gasteiger partial charge in [-0.2, -0.15) is 0 Å². The molecule has 3 aromatic rings. The van der Waals surface area contributed by atoms with Crippen LogP contribution in [0.2, 0.25) is 0 Å². The summed E-state index contributed by atoms with van der Waals surface area (Å²) in [7, 11) is 1.71. The van der Waals surface area contributed by atoms with E-state index in [2.05, 4.69) is 4.98 Å². The zero-order valence-corrected chi connectivity index (χ0v) is 15.7. The molecule has 1 heterocycles. The number of rotatable bonds is 8. The van der Waals surface area contributed by atoms with Gasteiger partial charge in [-0.3, -0.25) is 9.36 Å². The lowest BCUT2D eigenvalue weighted by Crippen LogP contribution is -2.23. The van der Waals surface area contributed by atoms with Crippen molar-refractivity contribution in [2.24, 2.45) is 12.8 Å². The highest BCUT2D eigenvalue weighted by molar-refractivity contribution is 5.77. The fraction of sp³-hybridized carbons (Fsp3) is 0.333. The predicted molar refractivity (Wildman–Crippen MR) is 106 cm³/mol. The summed E-state index contributed by atoms with van der Waals surface area (Å²) < 4.78 is 13.1. The van der Waals surface area contributed by atoms with Crippen LogP contribution in [0.5, 0.6) is 5.75 Å². The van der Waals surface area contributed by atoms with Gasteiger partial charge in [0.25, 0.3) is 5.56 Å². The summed E-state index contributed by atoms with van der Waals surface area (Å²) in [6, 6.07) is 15.1. The highest BCUT2D eigenvalue weighted by Crippen LogP contribution is 2.23. The van der Waals surface area contributed by atoms with Crippen LogP contribution in [0.25, 0.3) is 10.9 Å². The molecule has 0 bridgehead atoms. The molecule has 0 amide bonds. The molecule has 0 saturated heterocycles. The Morgan fingerprint density at radius 2 is 1.89 bits per heavy atom. The summed E-state index contributed by atoms with van der Waals surface area (Å²) in [5, 5.41) is 0.606. The van der Waals surface area contributed by atoms with Crippen molar-refractivity contribution in [3.8, 4) is 5.75 Å². The third-order valence-corrected chi connectivity index (χ3v) is 4.49. The first-order valence-electron chi connectivity index (χ1n) is 9.13. The fourth-order valence-electron chi connectivity index (χ4n) is 3.02. The molecule has 3 rings (SSSR count). The second-order valence-corrected chi connectivity index (χ2v) is 6.29. The molecule has 0 spiro atoms. The van der Waals surface area contributed by atoms with Crippen molar-refractivity contribution in [1.29, 1.82) is 0 Å². The number of nitrogens with two attached hydrogens (primary N) is 1. The number of hydrogen-bond donors (Lipinski definition) is 1. The SMILES string of the molecule is CCOC(CCN)c1ccc(OCc2nc3ccccc3c(=O)n2C)cc1. The molecule has 6 heteroatoms. The molecule has 1 atom stereocenters. The normalized spacial score (nSPS) is 12.3. The third kappa shape index (κ3) is 4.35. The van der Waals surface area contributed by atoms with E-state index in [1.54, 1.807) is 13.1 Å². The Labute approximate surface area is 158 Å². The number of hydrogen-bond acceptors (Lipinski definition) is 5. The summed E-state index contributed by atoms with van der Waals surface area (Å²) >= 11 is 0. The Hall–Kier alpha value is -2.70. The minimum atomic E-state index is -0.0733. The monoisotopic (exact) mass is 367 g/mol. The van der Waals surface area contributed by atoms with Crippen LogP contribution in [-0.2, 0) is 18.4 Å². The van der Waals surface area contributed by atoms with Gasteiger partial charge in [-0.1, -0.05) is 24.3 Å². The van der Waals surface area contributed by atoms with E-state index >= 15 is 0 Å². The van der Waals surface area contributed by atoms with Gasteiger partial charge in [0, 0.05) is 13.7 Å². The Kier molecular flexibility index (Phi) is 6.21. The van der Waals surface area contributed by atoms with Crippen molar-refractivity contribution in [3.63, 3.8) is 0 Å². The first kappa shape index (κ1) is 19.1. The molecule has 27 heavy (non-hydrogen) atoms. The van der Waals surface area contributed by atoms with E-state index in [9.17, 15) is 4.79 Å². The van der Waals surface area contributed by atoms with Crippen LogP contribution in [0.3, 0.4) is 0 Å². The number of para-hydroxylation sites is 1. The van der Waals surface area contributed by atoms with Crippen LogP contribution >= 0.6 is 0 Å². The lowest BCUT2D eigenvalue weighted by molar-refractivity contribution is 0.0580. The van der Waals surface area contributed by atoms with Crippen molar-refractivity contribution < 1.29 is 9.47 Å². The average Bonchev–Trinajstić information content (AvgIpc) is 2.70. The van der Waals surface area contributed by atoms with E-state index in [1.807, 2.05) is 49.4 Å². The predicted octanol–water partition coefficient (Wildman–Crippen LogP) is 2.94. The van der Waals surface area contributed by atoms with Gasteiger partial charge in [0.15, 0.2) is 0 Å². The van der Waals surface area contributed by atoms with Crippen LogP contribution < -0.4 is 16.0 Å². The van der Waals surface area contributed by atoms with Gasteiger partial charge in [-0.25, -0.2) is 4.98 Å². The third-order valence-electron chi connectivity index (χ3n) is 4.49. The lowest BCUT2D eigenvalue weighted by atomic mass is 10.1. The van der Waals surface area contributed by atoms with E-state index in [-0.39, 0.29) is 18.3 Å². The van der Waals surface area contributed by atoms with Crippen LogP contribution in [0.15, 0.2) is 53.3 Å². The van der Waals surface area contributed by atoms with Gasteiger partial charge in [0.05, 0.1) is 17.0 Å². The van der Waals surface area contributed by atoms with Crippen LogP contribution in [0.4, 0.5) is 0 Å². The molecule has 1 unspecified atom stereocenters. The van der Waals surface area contributed by atoms with Gasteiger partial charge in [-0.05, 0) is 49.7 Å². The van der Waals surface area contributed by atoms with E-state index in [0.717, 1.165) is 12.0 Å². The van der Waals surface area contributed by atoms with Crippen LogP contribution in [0.1, 0.15) is 30.8 Å². The molecule has 142 valence electrons. The van der Waals surface area contributed by atoms with Gasteiger partial charge in [0.2, 0.25) is 0 Å². The molecular weight excluding hydrogens is 342 g/mol. The van der Waals surface area contributed by atoms with E-state index in [1.165, 1.54) is 4.57 Å². The Morgan fingerprint density at radius 3 is 2.59 bits per heavy atom. The topological polar surface area (TPSA) is 79.4 Å². The van der Waals surface area contributed by atoms with Crippen LogP contribution in [-0.4, -0.2) is 22.7 Å². The van der Waals surface area contributed by atoms with Gasteiger partial charge in [0.1, 0.15) is 18.2 Å². The standard InChI is InChI=1S/C21H25N3O3/c1-3-26-19(12-13-22)15-8-10-16(11-9-15)27-14-20-23-18-7-5-4-6-17(18)21(25)24(20)2/h4-11,19H,3,12-14,22H2,1-2H3. The largest absolute Gasteiger partial charge is 0.486 e. The molecule has 0 aliphatic carbocycles. The smallest absolute Gasteiger partial charge is 0.261 e. The average molecular weight is 367 g/mol. The molecular formula is C21H25N3O3. The van der Waals surface area contributed by atoms with Crippen LogP contribution in [0, 0.1) is 0 Å². The zero-order chi connectivity index (χ0) is 19.2. The molecule has 2 N–H and O–H groups in total. The quantitative estimate of drug-likeness (QED) is 0.662. The van der Waals surface area contributed by atoms with E-state index in [4.69, 9.17) is 15.2 Å². The Balaban J connectivity index is 1.74. The minimum Gasteiger partial charge on any atom is -0.486 e. The molecule has 1 aromatic heterocycles. The van der Waals surface area contributed by atoms with Crippen molar-refractivity contribution in [2.45, 2.75) is 26.1 Å². The van der Waals surface area contributed by atoms with Gasteiger partial charge < -0.3 is 15.2 Å². The van der Waals surface area contributed by atoms with Crippen molar-refractivity contribution in [2.75, 3.05) is 13.2 Å². The summed E-state index contributed by atoms with van der Waals surface area (Å²) in [5.74, 6) is 1.29. The number of aromatic nitrogens is 2. The number of fused-ring (bicyclic) bond motifs is 1. The van der Waals surface area contributed by atoms with Gasteiger partial charge in [-0.15, -0.1) is 0 Å². The molecule has 0 aliphatic rings. The molecule has 6 nitrogen and oxygen atoms in total.